The number of rotatable bonds is 3. The highest BCUT2D eigenvalue weighted by molar-refractivity contribution is 4.87. The Labute approximate surface area is 110 Å². The summed E-state index contributed by atoms with van der Waals surface area (Å²) in [7, 11) is 0. The van der Waals surface area contributed by atoms with Crippen LogP contribution in [0.25, 0.3) is 0 Å². The third kappa shape index (κ3) is 3.90. The Bertz CT molecular complexity index is 259. The molecule has 0 radical (unpaired) electrons. The van der Waals surface area contributed by atoms with Crippen molar-refractivity contribution >= 4 is 0 Å². The predicted octanol–water partition coefficient (Wildman–Crippen LogP) is 0.619. The Morgan fingerprint density at radius 1 is 1.22 bits per heavy atom. The first-order valence-electron chi connectivity index (χ1n) is 6.94. The third-order valence-electron chi connectivity index (χ3n) is 3.70. The van der Waals surface area contributed by atoms with E-state index in [2.05, 4.69) is 43.8 Å². The molecule has 2 fully saturated rings. The van der Waals surface area contributed by atoms with Crippen LogP contribution in [0.3, 0.4) is 0 Å². The van der Waals surface area contributed by atoms with Gasteiger partial charge < -0.3 is 10.1 Å². The molecule has 106 valence electrons. The van der Waals surface area contributed by atoms with Crippen molar-refractivity contribution in [1.29, 1.82) is 0 Å². The minimum atomic E-state index is 0.112. The quantitative estimate of drug-likeness (QED) is 0.692. The summed E-state index contributed by atoms with van der Waals surface area (Å²) in [5, 5.41) is 7.01. The van der Waals surface area contributed by atoms with Crippen LogP contribution < -0.4 is 16.1 Å². The van der Waals surface area contributed by atoms with Gasteiger partial charge in [-0.25, -0.2) is 0 Å². The molecule has 5 heteroatoms. The fraction of sp³-hybridized carbons (Fsp3) is 1.00. The third-order valence-corrected chi connectivity index (χ3v) is 3.70. The van der Waals surface area contributed by atoms with Gasteiger partial charge in [-0.05, 0) is 18.8 Å². The van der Waals surface area contributed by atoms with Gasteiger partial charge in [0.1, 0.15) is 6.23 Å². The number of nitrogens with one attached hydrogen (secondary N) is 3. The number of ether oxygens (including phenoxy) is 1. The number of hydrogen-bond donors (Lipinski definition) is 3. The van der Waals surface area contributed by atoms with Gasteiger partial charge in [0.2, 0.25) is 0 Å². The Balaban J connectivity index is 1.65. The summed E-state index contributed by atoms with van der Waals surface area (Å²) in [4.78, 5) is 5.30. The van der Waals surface area contributed by atoms with E-state index in [1.807, 2.05) is 0 Å². The number of hydroxylamine groups is 1. The molecule has 0 aromatic carbocycles. The molecule has 0 saturated carbocycles. The molecular weight excluding hydrogens is 230 g/mol. The maximum atomic E-state index is 5.86. The second-order valence-corrected chi connectivity index (χ2v) is 6.54. The van der Waals surface area contributed by atoms with Crippen molar-refractivity contribution in [3.8, 4) is 0 Å². The summed E-state index contributed by atoms with van der Waals surface area (Å²) in [5.41, 5.74) is 3.29. The zero-order valence-corrected chi connectivity index (χ0v) is 12.0. The maximum absolute atomic E-state index is 5.86. The van der Waals surface area contributed by atoms with E-state index in [0.717, 1.165) is 19.5 Å². The molecule has 4 atom stereocenters. The lowest BCUT2D eigenvalue weighted by molar-refractivity contribution is -0.0208. The van der Waals surface area contributed by atoms with Gasteiger partial charge in [-0.2, -0.15) is 5.48 Å². The van der Waals surface area contributed by atoms with E-state index < -0.39 is 0 Å². The standard InChI is InChI=1S/C13H27N3O2/c1-9-5-10(16-18-9)8-17-12-7-14-11(6-15-12)13(2,3)4/h9-12,14-16H,5-8H2,1-4H3. The zero-order chi connectivity index (χ0) is 13.2. The average Bonchev–Trinajstić information content (AvgIpc) is 2.72. The van der Waals surface area contributed by atoms with Crippen molar-refractivity contribution in [3.05, 3.63) is 0 Å². The fourth-order valence-corrected chi connectivity index (χ4v) is 2.42. The van der Waals surface area contributed by atoms with Gasteiger partial charge in [0.25, 0.3) is 0 Å². The van der Waals surface area contributed by atoms with Crippen LogP contribution in [0.5, 0.6) is 0 Å². The summed E-state index contributed by atoms with van der Waals surface area (Å²) in [6, 6.07) is 0.826. The van der Waals surface area contributed by atoms with Gasteiger partial charge in [-0.3, -0.25) is 10.2 Å². The SMILES string of the molecule is CC1CC(COC2CNC(C(C)(C)C)CN2)NO1. The second-order valence-electron chi connectivity index (χ2n) is 6.54. The average molecular weight is 257 g/mol. The second kappa shape index (κ2) is 5.84. The summed E-state index contributed by atoms with van der Waals surface area (Å²) in [6.45, 7) is 11.4. The molecule has 4 unspecified atom stereocenters. The monoisotopic (exact) mass is 257 g/mol. The minimum absolute atomic E-state index is 0.112. The van der Waals surface area contributed by atoms with Crippen LogP contribution in [0.15, 0.2) is 0 Å². The smallest absolute Gasteiger partial charge is 0.120 e. The summed E-state index contributed by atoms with van der Waals surface area (Å²) in [5.74, 6) is 0. The molecule has 2 aliphatic rings. The lowest BCUT2D eigenvalue weighted by Gasteiger charge is -2.38. The molecule has 2 aliphatic heterocycles. The van der Waals surface area contributed by atoms with Crippen LogP contribution in [0.4, 0.5) is 0 Å². The summed E-state index contributed by atoms with van der Waals surface area (Å²) in [6.07, 6.45) is 1.42. The Kier molecular flexibility index (Phi) is 4.61. The summed E-state index contributed by atoms with van der Waals surface area (Å²) >= 11 is 0. The molecule has 0 aromatic rings. The van der Waals surface area contributed by atoms with Crippen LogP contribution in [0.1, 0.15) is 34.1 Å². The first kappa shape index (κ1) is 14.2. The molecule has 2 saturated heterocycles. The topological polar surface area (TPSA) is 54.5 Å². The van der Waals surface area contributed by atoms with E-state index in [9.17, 15) is 0 Å². The predicted molar refractivity (Wildman–Crippen MR) is 71.1 cm³/mol. The molecule has 2 rings (SSSR count). The van der Waals surface area contributed by atoms with Crippen molar-refractivity contribution in [3.63, 3.8) is 0 Å². The Hall–Kier alpha value is -0.200. The number of piperazine rings is 1. The van der Waals surface area contributed by atoms with Gasteiger partial charge in [0.05, 0.1) is 18.8 Å². The molecule has 0 spiro atoms. The molecule has 0 amide bonds. The van der Waals surface area contributed by atoms with Crippen LogP contribution >= 0.6 is 0 Å². The largest absolute Gasteiger partial charge is 0.360 e. The van der Waals surface area contributed by atoms with Gasteiger partial charge in [-0.1, -0.05) is 20.8 Å². The molecule has 18 heavy (non-hydrogen) atoms. The van der Waals surface area contributed by atoms with Gasteiger partial charge in [0.15, 0.2) is 0 Å². The van der Waals surface area contributed by atoms with Crippen molar-refractivity contribution in [2.45, 2.75) is 58.5 Å². The minimum Gasteiger partial charge on any atom is -0.360 e. The molecule has 0 aromatic heterocycles. The molecule has 2 heterocycles. The van der Waals surface area contributed by atoms with E-state index in [-0.39, 0.29) is 11.6 Å². The zero-order valence-electron chi connectivity index (χ0n) is 12.0. The van der Waals surface area contributed by atoms with Crippen molar-refractivity contribution in [2.75, 3.05) is 19.7 Å². The summed E-state index contributed by atoms with van der Waals surface area (Å²) < 4.78 is 5.86. The van der Waals surface area contributed by atoms with Gasteiger partial charge in [-0.15, -0.1) is 0 Å². The van der Waals surface area contributed by atoms with Gasteiger partial charge in [0, 0.05) is 19.1 Å². The highest BCUT2D eigenvalue weighted by Crippen LogP contribution is 2.20. The van der Waals surface area contributed by atoms with Crippen molar-refractivity contribution in [1.82, 2.24) is 16.1 Å². The van der Waals surface area contributed by atoms with Crippen molar-refractivity contribution in [2.24, 2.45) is 5.41 Å². The molecule has 0 aliphatic carbocycles. The van der Waals surface area contributed by atoms with Crippen LogP contribution in [-0.2, 0) is 9.57 Å². The lowest BCUT2D eigenvalue weighted by atomic mass is 9.86. The number of hydrogen-bond acceptors (Lipinski definition) is 5. The Morgan fingerprint density at radius 3 is 2.50 bits per heavy atom. The van der Waals surface area contributed by atoms with Crippen LogP contribution in [-0.4, -0.2) is 44.1 Å². The molecule has 0 bridgehead atoms. The van der Waals surface area contributed by atoms with E-state index in [0.29, 0.717) is 24.8 Å². The van der Waals surface area contributed by atoms with E-state index in [4.69, 9.17) is 9.57 Å². The lowest BCUT2D eigenvalue weighted by Crippen LogP contribution is -2.59. The van der Waals surface area contributed by atoms with E-state index >= 15 is 0 Å². The first-order chi connectivity index (χ1) is 8.45. The maximum Gasteiger partial charge on any atom is 0.120 e. The van der Waals surface area contributed by atoms with Crippen molar-refractivity contribution < 1.29 is 9.57 Å². The molecule has 3 N–H and O–H groups in total. The first-order valence-corrected chi connectivity index (χ1v) is 6.94. The highest BCUT2D eigenvalue weighted by Gasteiger charge is 2.30. The van der Waals surface area contributed by atoms with Crippen LogP contribution in [0, 0.1) is 5.41 Å². The normalized spacial score (nSPS) is 38.0. The van der Waals surface area contributed by atoms with E-state index in [1.165, 1.54) is 0 Å². The Morgan fingerprint density at radius 2 is 2.00 bits per heavy atom. The fourth-order valence-electron chi connectivity index (χ4n) is 2.42. The highest BCUT2D eigenvalue weighted by atomic mass is 16.7. The molecular formula is C13H27N3O2. The van der Waals surface area contributed by atoms with Gasteiger partial charge >= 0.3 is 0 Å². The van der Waals surface area contributed by atoms with Crippen LogP contribution in [0.2, 0.25) is 0 Å². The molecule has 5 nitrogen and oxygen atoms in total. The van der Waals surface area contributed by atoms with E-state index in [1.54, 1.807) is 0 Å².